The van der Waals surface area contributed by atoms with Crippen molar-refractivity contribution in [2.75, 3.05) is 23.8 Å². The van der Waals surface area contributed by atoms with E-state index >= 15 is 0 Å². The predicted molar refractivity (Wildman–Crippen MR) is 151 cm³/mol. The van der Waals surface area contributed by atoms with E-state index in [4.69, 9.17) is 16.0 Å². The zero-order valence-electron chi connectivity index (χ0n) is 22.4. The molecule has 4 rings (SSSR count). The summed E-state index contributed by atoms with van der Waals surface area (Å²) in [5.74, 6) is -1.70. The SMILES string of the molecule is [C-]#[N+]c1cc2c(Oc3ccc(NC(=O)Nc4ccc(F)cc4F)c(F)c3)ccnc2cc1OCCNC(CC)CC. The lowest BCUT2D eigenvalue weighted by atomic mass is 10.1. The zero-order valence-corrected chi connectivity index (χ0v) is 22.4. The maximum Gasteiger partial charge on any atom is 0.323 e. The van der Waals surface area contributed by atoms with Crippen molar-refractivity contribution < 1.29 is 27.4 Å². The van der Waals surface area contributed by atoms with Crippen LogP contribution in [0.4, 0.5) is 35.0 Å². The lowest BCUT2D eigenvalue weighted by molar-refractivity contribution is 0.262. The Morgan fingerprint density at radius 3 is 2.32 bits per heavy atom. The van der Waals surface area contributed by atoms with Gasteiger partial charge < -0.3 is 25.4 Å². The third-order valence-corrected chi connectivity index (χ3v) is 6.28. The number of amides is 2. The van der Waals surface area contributed by atoms with Crippen LogP contribution in [0.1, 0.15) is 26.7 Å². The van der Waals surface area contributed by atoms with Crippen LogP contribution in [0.3, 0.4) is 0 Å². The number of halogens is 3. The van der Waals surface area contributed by atoms with E-state index < -0.39 is 23.5 Å². The minimum absolute atomic E-state index is 0.128. The van der Waals surface area contributed by atoms with E-state index in [-0.39, 0.29) is 22.8 Å². The summed E-state index contributed by atoms with van der Waals surface area (Å²) in [5, 5.41) is 8.41. The Labute approximate surface area is 235 Å². The largest absolute Gasteiger partial charge is 0.503 e. The Morgan fingerprint density at radius 1 is 0.951 bits per heavy atom. The molecule has 1 heterocycles. The average Bonchev–Trinajstić information content (AvgIpc) is 2.96. The van der Waals surface area contributed by atoms with Gasteiger partial charge in [0.1, 0.15) is 34.7 Å². The van der Waals surface area contributed by atoms with Gasteiger partial charge in [-0.15, -0.1) is 0 Å². The number of fused-ring (bicyclic) bond motifs is 1. The van der Waals surface area contributed by atoms with E-state index in [9.17, 15) is 18.0 Å². The van der Waals surface area contributed by atoms with Crippen LogP contribution in [0, 0.1) is 24.0 Å². The topological polar surface area (TPSA) is 88.9 Å². The normalized spacial score (nSPS) is 10.9. The molecule has 1 aromatic heterocycles. The molecule has 0 fully saturated rings. The number of benzene rings is 3. The van der Waals surface area contributed by atoms with E-state index in [2.05, 4.69) is 39.6 Å². The maximum atomic E-state index is 14.8. The van der Waals surface area contributed by atoms with Gasteiger partial charge in [-0.1, -0.05) is 13.8 Å². The summed E-state index contributed by atoms with van der Waals surface area (Å²) in [7, 11) is 0. The van der Waals surface area contributed by atoms with Gasteiger partial charge in [0.25, 0.3) is 0 Å². The average molecular weight is 564 g/mol. The van der Waals surface area contributed by atoms with Gasteiger partial charge in [0.05, 0.1) is 30.1 Å². The first-order valence-electron chi connectivity index (χ1n) is 13.0. The highest BCUT2D eigenvalue weighted by Crippen LogP contribution is 2.37. The highest BCUT2D eigenvalue weighted by Gasteiger charge is 2.14. The van der Waals surface area contributed by atoms with Gasteiger partial charge in [0, 0.05) is 36.3 Å². The summed E-state index contributed by atoms with van der Waals surface area (Å²) >= 11 is 0. The zero-order chi connectivity index (χ0) is 29.4. The molecule has 3 N–H and O–H groups in total. The lowest BCUT2D eigenvalue weighted by Gasteiger charge is -2.16. The molecule has 0 spiro atoms. The van der Waals surface area contributed by atoms with Crippen LogP contribution in [0.2, 0.25) is 0 Å². The third kappa shape index (κ3) is 7.43. The van der Waals surface area contributed by atoms with Crippen molar-refractivity contribution in [3.05, 3.63) is 89.7 Å². The van der Waals surface area contributed by atoms with E-state index in [0.29, 0.717) is 47.7 Å². The van der Waals surface area contributed by atoms with Gasteiger partial charge in [-0.2, -0.15) is 0 Å². The molecular formula is C30H28F3N5O3. The molecule has 0 atom stereocenters. The minimum Gasteiger partial charge on any atom is -0.503 e. The van der Waals surface area contributed by atoms with Crippen molar-refractivity contribution in [1.82, 2.24) is 10.3 Å². The van der Waals surface area contributed by atoms with Gasteiger partial charge in [-0.3, -0.25) is 4.98 Å². The van der Waals surface area contributed by atoms with Crippen molar-refractivity contribution in [3.8, 4) is 17.2 Å². The fourth-order valence-corrected chi connectivity index (χ4v) is 4.08. The summed E-state index contributed by atoms with van der Waals surface area (Å²) in [5.41, 5.74) is 0.362. The quantitative estimate of drug-likeness (QED) is 0.128. The van der Waals surface area contributed by atoms with Crippen LogP contribution in [0.5, 0.6) is 17.2 Å². The summed E-state index contributed by atoms with van der Waals surface area (Å²) < 4.78 is 53.4. The maximum absolute atomic E-state index is 14.8. The number of ether oxygens (including phenoxy) is 2. The first-order valence-corrected chi connectivity index (χ1v) is 13.0. The highest BCUT2D eigenvalue weighted by molar-refractivity contribution is 6.00. The predicted octanol–water partition coefficient (Wildman–Crippen LogP) is 7.80. The fourth-order valence-electron chi connectivity index (χ4n) is 4.08. The minimum atomic E-state index is -0.969. The van der Waals surface area contributed by atoms with E-state index in [1.165, 1.54) is 18.3 Å². The Hall–Kier alpha value is -4.82. The molecule has 0 saturated carbocycles. The molecule has 2 amide bonds. The molecule has 3 aromatic carbocycles. The van der Waals surface area contributed by atoms with Crippen LogP contribution in [0.15, 0.2) is 60.8 Å². The summed E-state index contributed by atoms with van der Waals surface area (Å²) in [6, 6.07) is 10.8. The Balaban J connectivity index is 1.45. The molecule has 0 aliphatic heterocycles. The molecule has 0 aliphatic carbocycles. The van der Waals surface area contributed by atoms with Gasteiger partial charge in [-0.05, 0) is 55.3 Å². The first kappa shape index (κ1) is 29.2. The molecule has 4 aromatic rings. The number of urea groups is 1. The number of hydrogen-bond acceptors (Lipinski definition) is 5. The number of pyridine rings is 1. The third-order valence-electron chi connectivity index (χ3n) is 6.28. The fraction of sp³-hybridized carbons (Fsp3) is 0.233. The molecule has 212 valence electrons. The molecule has 0 bridgehead atoms. The molecule has 0 saturated heterocycles. The summed E-state index contributed by atoms with van der Waals surface area (Å²) in [6.07, 6.45) is 3.56. The number of hydrogen-bond donors (Lipinski definition) is 3. The lowest BCUT2D eigenvalue weighted by Crippen LogP contribution is -2.31. The van der Waals surface area contributed by atoms with Crippen molar-refractivity contribution >= 4 is 34.0 Å². The number of carbonyl (C=O) groups excluding carboxylic acids is 1. The Kier molecular flexibility index (Phi) is 9.60. The number of nitrogens with zero attached hydrogens (tertiary/aromatic N) is 2. The van der Waals surface area contributed by atoms with Gasteiger partial charge in [-0.25, -0.2) is 22.8 Å². The van der Waals surface area contributed by atoms with E-state index in [1.54, 1.807) is 18.2 Å². The van der Waals surface area contributed by atoms with Crippen molar-refractivity contribution in [1.29, 1.82) is 0 Å². The van der Waals surface area contributed by atoms with Crippen LogP contribution in [0.25, 0.3) is 15.7 Å². The number of rotatable bonds is 11. The Bertz CT molecular complexity index is 1590. The monoisotopic (exact) mass is 563 g/mol. The van der Waals surface area contributed by atoms with Gasteiger partial charge >= 0.3 is 6.03 Å². The molecule has 0 aliphatic rings. The molecule has 41 heavy (non-hydrogen) atoms. The van der Waals surface area contributed by atoms with E-state index in [1.807, 2.05) is 0 Å². The molecule has 0 unspecified atom stereocenters. The number of nitrogens with one attached hydrogen (secondary N) is 3. The number of anilines is 2. The smallest absolute Gasteiger partial charge is 0.323 e. The standard InChI is InChI=1S/C30H28F3N5O3/c1-4-19(5-2)35-12-13-40-29-17-26-21(16-27(29)34-3)28(10-11-36-26)41-20-7-9-25(23(33)15-20)38-30(39)37-24-8-6-18(31)14-22(24)32/h6-11,14-17,19,35H,4-5,12-13H2,1-2H3,(H2,37,38,39). The Morgan fingerprint density at radius 2 is 1.66 bits per heavy atom. The molecule has 11 heteroatoms. The molecule has 8 nitrogen and oxygen atoms in total. The number of aromatic nitrogens is 1. The first-order chi connectivity index (χ1) is 19.8. The van der Waals surface area contributed by atoms with Crippen LogP contribution >= 0.6 is 0 Å². The van der Waals surface area contributed by atoms with Crippen molar-refractivity contribution in [2.24, 2.45) is 0 Å². The van der Waals surface area contributed by atoms with Crippen molar-refractivity contribution in [3.63, 3.8) is 0 Å². The second-order valence-corrected chi connectivity index (χ2v) is 9.02. The highest BCUT2D eigenvalue weighted by atomic mass is 19.1. The van der Waals surface area contributed by atoms with Crippen molar-refractivity contribution in [2.45, 2.75) is 32.7 Å². The second-order valence-electron chi connectivity index (χ2n) is 9.02. The summed E-state index contributed by atoms with van der Waals surface area (Å²) in [6.45, 7) is 12.9. The second kappa shape index (κ2) is 13.5. The van der Waals surface area contributed by atoms with Gasteiger partial charge in [0.2, 0.25) is 5.69 Å². The molecule has 0 radical (unpaired) electrons. The van der Waals surface area contributed by atoms with Crippen LogP contribution < -0.4 is 25.4 Å². The number of carbonyl (C=O) groups is 1. The summed E-state index contributed by atoms with van der Waals surface area (Å²) in [4.78, 5) is 20.1. The van der Waals surface area contributed by atoms with Crippen LogP contribution in [-0.4, -0.2) is 30.2 Å². The van der Waals surface area contributed by atoms with Gasteiger partial charge in [0.15, 0.2) is 0 Å². The molecular weight excluding hydrogens is 535 g/mol. The van der Waals surface area contributed by atoms with E-state index in [0.717, 1.165) is 31.0 Å². The van der Waals surface area contributed by atoms with Crippen LogP contribution in [-0.2, 0) is 0 Å².